The van der Waals surface area contributed by atoms with Crippen LogP contribution in [0.2, 0.25) is 5.02 Å². The summed E-state index contributed by atoms with van der Waals surface area (Å²) in [6.45, 7) is 2.79. The molecular weight excluding hydrogens is 424 g/mol. The van der Waals surface area contributed by atoms with Crippen LogP contribution in [0.4, 0.5) is 0 Å². The Bertz CT molecular complexity index is 600. The van der Waals surface area contributed by atoms with Gasteiger partial charge in [-0.2, -0.15) is 0 Å². The third-order valence-corrected chi connectivity index (χ3v) is 5.82. The van der Waals surface area contributed by atoms with Crippen molar-refractivity contribution in [3.8, 4) is 5.75 Å². The van der Waals surface area contributed by atoms with E-state index in [2.05, 4.69) is 6.92 Å². The number of hydrogen-bond acceptors (Lipinski definition) is 4. The van der Waals surface area contributed by atoms with Crippen molar-refractivity contribution in [2.24, 2.45) is 0 Å². The van der Waals surface area contributed by atoms with Gasteiger partial charge in [0, 0.05) is 17.9 Å². The van der Waals surface area contributed by atoms with Gasteiger partial charge in [0.2, 0.25) is 0 Å². The summed E-state index contributed by atoms with van der Waals surface area (Å²) >= 11 is 5.80. The molecule has 0 bridgehead atoms. The topological polar surface area (TPSA) is 52.6 Å². The van der Waals surface area contributed by atoms with Gasteiger partial charge in [-0.3, -0.25) is 9.59 Å². The molecule has 0 aliphatic rings. The van der Waals surface area contributed by atoms with Crippen LogP contribution in [-0.2, 0) is 14.3 Å². The number of carbonyl (C=O) groups excluding carboxylic acids is 2. The first kappa shape index (κ1) is 28.5. The highest BCUT2D eigenvalue weighted by molar-refractivity contribution is 6.30. The summed E-state index contributed by atoms with van der Waals surface area (Å²) < 4.78 is 10.5. The zero-order valence-corrected chi connectivity index (χ0v) is 20.8. The van der Waals surface area contributed by atoms with E-state index < -0.39 is 0 Å². The van der Waals surface area contributed by atoms with Crippen molar-refractivity contribution in [1.82, 2.24) is 0 Å². The average Bonchev–Trinajstić information content (AvgIpc) is 2.78. The number of hydrogen-bond donors (Lipinski definition) is 0. The number of unbranched alkanes of at least 4 members (excludes halogenated alkanes) is 13. The molecule has 0 aliphatic heterocycles. The molecule has 1 aromatic carbocycles. The van der Waals surface area contributed by atoms with Crippen LogP contribution in [0, 0.1) is 0 Å². The highest BCUT2D eigenvalue weighted by atomic mass is 35.5. The van der Waals surface area contributed by atoms with E-state index in [0.717, 1.165) is 25.7 Å². The predicted molar refractivity (Wildman–Crippen MR) is 132 cm³/mol. The van der Waals surface area contributed by atoms with E-state index in [9.17, 15) is 9.59 Å². The molecule has 0 spiro atoms. The second-order valence-electron chi connectivity index (χ2n) is 8.60. The lowest BCUT2D eigenvalue weighted by atomic mass is 10.1. The third-order valence-electron chi connectivity index (χ3n) is 5.57. The van der Waals surface area contributed by atoms with Crippen LogP contribution in [0.25, 0.3) is 0 Å². The summed E-state index contributed by atoms with van der Waals surface area (Å²) in [5, 5.41) is 0.607. The molecular formula is C27H43ClO4. The summed E-state index contributed by atoms with van der Waals surface area (Å²) in [5.41, 5.74) is 0. The van der Waals surface area contributed by atoms with E-state index in [1.807, 2.05) is 0 Å². The fourth-order valence-corrected chi connectivity index (χ4v) is 3.73. The molecule has 0 aliphatic carbocycles. The van der Waals surface area contributed by atoms with Crippen LogP contribution in [0.3, 0.4) is 0 Å². The predicted octanol–water partition coefficient (Wildman–Crippen LogP) is 8.44. The van der Waals surface area contributed by atoms with Gasteiger partial charge < -0.3 is 9.47 Å². The molecule has 0 unspecified atom stereocenters. The van der Waals surface area contributed by atoms with Crippen molar-refractivity contribution in [2.75, 3.05) is 6.61 Å². The average molecular weight is 467 g/mol. The molecule has 1 rings (SSSR count). The van der Waals surface area contributed by atoms with Crippen molar-refractivity contribution >= 4 is 23.5 Å². The van der Waals surface area contributed by atoms with E-state index in [4.69, 9.17) is 21.1 Å². The number of ether oxygens (including phenoxy) is 2. The molecule has 0 saturated carbocycles. The number of halogens is 1. The number of benzene rings is 1. The van der Waals surface area contributed by atoms with Gasteiger partial charge in [0.1, 0.15) is 5.75 Å². The lowest BCUT2D eigenvalue weighted by molar-refractivity contribution is -0.143. The van der Waals surface area contributed by atoms with Gasteiger partial charge in [-0.25, -0.2) is 0 Å². The Morgan fingerprint density at radius 3 is 1.69 bits per heavy atom. The normalized spacial score (nSPS) is 10.8. The molecule has 4 nitrogen and oxygen atoms in total. The van der Waals surface area contributed by atoms with Gasteiger partial charge in [-0.15, -0.1) is 0 Å². The highest BCUT2D eigenvalue weighted by Gasteiger charge is 2.06. The lowest BCUT2D eigenvalue weighted by Gasteiger charge is -2.06. The highest BCUT2D eigenvalue weighted by Crippen LogP contribution is 2.17. The second kappa shape index (κ2) is 20.1. The fourth-order valence-electron chi connectivity index (χ4n) is 3.60. The molecule has 182 valence electrons. The van der Waals surface area contributed by atoms with Crippen molar-refractivity contribution in [1.29, 1.82) is 0 Å². The summed E-state index contributed by atoms with van der Waals surface area (Å²) in [4.78, 5) is 23.6. The molecule has 0 amide bonds. The van der Waals surface area contributed by atoms with Crippen LogP contribution in [0.15, 0.2) is 24.3 Å². The van der Waals surface area contributed by atoms with Gasteiger partial charge >= 0.3 is 11.9 Å². The first-order chi connectivity index (χ1) is 15.6. The number of rotatable bonds is 20. The first-order valence-electron chi connectivity index (χ1n) is 12.7. The smallest absolute Gasteiger partial charge is 0.311 e. The fraction of sp³-hybridized carbons (Fsp3) is 0.704. The minimum Gasteiger partial charge on any atom is -0.466 e. The Morgan fingerprint density at radius 2 is 1.12 bits per heavy atom. The Kier molecular flexibility index (Phi) is 17.9. The van der Waals surface area contributed by atoms with Crippen LogP contribution < -0.4 is 4.74 Å². The zero-order chi connectivity index (χ0) is 23.3. The van der Waals surface area contributed by atoms with Crippen molar-refractivity contribution in [2.45, 2.75) is 116 Å². The molecule has 0 heterocycles. The zero-order valence-electron chi connectivity index (χ0n) is 20.0. The Morgan fingerprint density at radius 1 is 0.656 bits per heavy atom. The summed E-state index contributed by atoms with van der Waals surface area (Å²) in [5.74, 6) is 0.111. The second-order valence-corrected chi connectivity index (χ2v) is 9.03. The summed E-state index contributed by atoms with van der Waals surface area (Å²) in [7, 11) is 0. The maximum atomic E-state index is 11.8. The quantitative estimate of drug-likeness (QED) is 0.110. The van der Waals surface area contributed by atoms with Gasteiger partial charge in [0.05, 0.1) is 6.61 Å². The van der Waals surface area contributed by atoms with E-state index in [1.165, 1.54) is 64.2 Å². The minimum absolute atomic E-state index is 0.128. The van der Waals surface area contributed by atoms with E-state index in [-0.39, 0.29) is 11.9 Å². The van der Waals surface area contributed by atoms with E-state index >= 15 is 0 Å². The monoisotopic (exact) mass is 466 g/mol. The molecule has 0 saturated heterocycles. The van der Waals surface area contributed by atoms with Gasteiger partial charge in [-0.1, -0.05) is 95.6 Å². The van der Waals surface area contributed by atoms with Crippen LogP contribution in [0.5, 0.6) is 5.75 Å². The molecule has 1 aromatic rings. The van der Waals surface area contributed by atoms with Crippen molar-refractivity contribution in [3.63, 3.8) is 0 Å². The molecule has 5 heteroatoms. The Hall–Kier alpha value is -1.55. The summed E-state index contributed by atoms with van der Waals surface area (Å²) in [6, 6.07) is 6.72. The van der Waals surface area contributed by atoms with Crippen LogP contribution in [-0.4, -0.2) is 18.5 Å². The summed E-state index contributed by atoms with van der Waals surface area (Å²) in [6.07, 6.45) is 18.6. The van der Waals surface area contributed by atoms with E-state index in [0.29, 0.717) is 36.6 Å². The van der Waals surface area contributed by atoms with Crippen LogP contribution >= 0.6 is 11.6 Å². The van der Waals surface area contributed by atoms with Crippen LogP contribution in [0.1, 0.15) is 116 Å². The molecule has 0 fully saturated rings. The maximum absolute atomic E-state index is 11.8. The maximum Gasteiger partial charge on any atom is 0.311 e. The molecule has 0 atom stereocenters. The van der Waals surface area contributed by atoms with Gasteiger partial charge in [-0.05, 0) is 43.5 Å². The van der Waals surface area contributed by atoms with Gasteiger partial charge in [0.25, 0.3) is 0 Å². The Labute approximate surface area is 200 Å². The third kappa shape index (κ3) is 17.1. The largest absolute Gasteiger partial charge is 0.466 e. The standard InChI is InChI=1S/C27H43ClO4/c1-2-3-4-5-6-7-8-9-10-11-12-16-23-31-26(29)17-14-13-15-18-27(30)32-25-21-19-24(28)20-22-25/h19-22H,2-18,23H2,1H3. The molecule has 0 N–H and O–H groups in total. The van der Waals surface area contributed by atoms with Crippen molar-refractivity contribution < 1.29 is 19.1 Å². The SMILES string of the molecule is CCCCCCCCCCCCCCOC(=O)CCCCCC(=O)Oc1ccc(Cl)cc1. The Balaban J connectivity index is 1.83. The molecule has 32 heavy (non-hydrogen) atoms. The molecule has 0 radical (unpaired) electrons. The van der Waals surface area contributed by atoms with Crippen molar-refractivity contribution in [3.05, 3.63) is 29.3 Å². The first-order valence-corrected chi connectivity index (χ1v) is 13.1. The molecule has 0 aromatic heterocycles. The van der Waals surface area contributed by atoms with Gasteiger partial charge in [0.15, 0.2) is 0 Å². The lowest BCUT2D eigenvalue weighted by Crippen LogP contribution is -2.08. The van der Waals surface area contributed by atoms with E-state index in [1.54, 1.807) is 24.3 Å². The number of carbonyl (C=O) groups is 2. The number of esters is 2. The minimum atomic E-state index is -0.262.